The minimum absolute atomic E-state index is 0.0219. The van der Waals surface area contributed by atoms with E-state index in [1.54, 1.807) is 18.2 Å². The number of nitrogens with two attached hydrogens (primary N) is 1. The van der Waals surface area contributed by atoms with Gasteiger partial charge in [0.15, 0.2) is 5.78 Å². The summed E-state index contributed by atoms with van der Waals surface area (Å²) in [7, 11) is 0. The number of ketones is 1. The molecule has 78 valence electrons. The molecule has 2 N–H and O–H groups in total. The van der Waals surface area contributed by atoms with E-state index in [4.69, 9.17) is 5.73 Å². The van der Waals surface area contributed by atoms with Gasteiger partial charge in [0.05, 0.1) is 24.3 Å². The highest BCUT2D eigenvalue weighted by Gasteiger charge is 2.29. The van der Waals surface area contributed by atoms with Crippen molar-refractivity contribution in [3.8, 4) is 0 Å². The number of benzene rings is 1. The highest BCUT2D eigenvalue weighted by atomic mass is 79.9. The molecule has 1 fully saturated rings. The van der Waals surface area contributed by atoms with E-state index < -0.39 is 0 Å². The fraction of sp³-hybridized carbons (Fsp3) is 0.200. The summed E-state index contributed by atoms with van der Waals surface area (Å²) in [6, 6.07) is 5.24. The zero-order chi connectivity index (χ0) is 11.0. The van der Waals surface area contributed by atoms with Gasteiger partial charge in [-0.15, -0.1) is 0 Å². The highest BCUT2D eigenvalue weighted by molar-refractivity contribution is 9.10. The van der Waals surface area contributed by atoms with Crippen molar-refractivity contribution in [2.45, 2.75) is 6.42 Å². The van der Waals surface area contributed by atoms with E-state index in [2.05, 4.69) is 15.9 Å². The molecule has 0 radical (unpaired) electrons. The van der Waals surface area contributed by atoms with Crippen LogP contribution in [-0.2, 0) is 9.59 Å². The van der Waals surface area contributed by atoms with E-state index in [1.165, 1.54) is 4.90 Å². The number of hydrogen-bond acceptors (Lipinski definition) is 3. The summed E-state index contributed by atoms with van der Waals surface area (Å²) in [5.74, 6) is -0.260. The van der Waals surface area contributed by atoms with Gasteiger partial charge in [-0.3, -0.25) is 9.59 Å². The van der Waals surface area contributed by atoms with Crippen LogP contribution in [0.3, 0.4) is 0 Å². The van der Waals surface area contributed by atoms with Crippen LogP contribution in [0, 0.1) is 0 Å². The number of nitrogen functional groups attached to an aromatic ring is 1. The topological polar surface area (TPSA) is 63.4 Å². The van der Waals surface area contributed by atoms with Gasteiger partial charge in [0, 0.05) is 4.47 Å². The van der Waals surface area contributed by atoms with E-state index >= 15 is 0 Å². The number of rotatable bonds is 1. The minimum Gasteiger partial charge on any atom is -0.397 e. The molecule has 2 rings (SSSR count). The van der Waals surface area contributed by atoms with Gasteiger partial charge in [0.2, 0.25) is 5.91 Å². The van der Waals surface area contributed by atoms with Crippen LogP contribution in [0.2, 0.25) is 0 Å². The lowest BCUT2D eigenvalue weighted by molar-refractivity contribution is -0.121. The lowest BCUT2D eigenvalue weighted by atomic mass is 10.2. The summed E-state index contributed by atoms with van der Waals surface area (Å²) in [6.45, 7) is 0.124. The van der Waals surface area contributed by atoms with Gasteiger partial charge in [-0.2, -0.15) is 0 Å². The molecular weight excluding hydrogens is 260 g/mol. The van der Waals surface area contributed by atoms with E-state index in [-0.39, 0.29) is 24.7 Å². The molecular formula is C10H9BrN2O2. The third kappa shape index (κ3) is 1.87. The Morgan fingerprint density at radius 3 is 2.67 bits per heavy atom. The number of amides is 1. The third-order valence-corrected chi connectivity index (χ3v) is 2.76. The molecule has 1 amide bonds. The van der Waals surface area contributed by atoms with Gasteiger partial charge in [-0.05, 0) is 18.2 Å². The van der Waals surface area contributed by atoms with Crippen LogP contribution in [0.25, 0.3) is 0 Å². The van der Waals surface area contributed by atoms with Crippen molar-refractivity contribution in [3.63, 3.8) is 0 Å². The Morgan fingerprint density at radius 1 is 1.33 bits per heavy atom. The van der Waals surface area contributed by atoms with Crippen molar-refractivity contribution in [1.82, 2.24) is 0 Å². The van der Waals surface area contributed by atoms with Crippen molar-refractivity contribution in [3.05, 3.63) is 22.7 Å². The Kier molecular flexibility index (Phi) is 2.48. The molecule has 1 aromatic rings. The van der Waals surface area contributed by atoms with Crippen LogP contribution in [0.5, 0.6) is 0 Å². The number of carbonyl (C=O) groups is 2. The molecule has 0 atom stereocenters. The molecule has 0 spiro atoms. The molecule has 1 aliphatic heterocycles. The summed E-state index contributed by atoms with van der Waals surface area (Å²) in [5.41, 5.74) is 6.85. The average Bonchev–Trinajstić information content (AvgIpc) is 2.50. The fourth-order valence-electron chi connectivity index (χ4n) is 1.55. The lowest BCUT2D eigenvalue weighted by Gasteiger charge is -2.17. The summed E-state index contributed by atoms with van der Waals surface area (Å²) >= 11 is 3.30. The molecule has 0 unspecified atom stereocenters. The summed E-state index contributed by atoms with van der Waals surface area (Å²) in [6.07, 6.45) is -0.0219. The van der Waals surface area contributed by atoms with Crippen molar-refractivity contribution < 1.29 is 9.59 Å². The Balaban J connectivity index is 2.41. The first kappa shape index (κ1) is 10.2. The second-order valence-electron chi connectivity index (χ2n) is 3.40. The number of nitrogens with zero attached hydrogens (tertiary/aromatic N) is 1. The first-order chi connectivity index (χ1) is 7.08. The van der Waals surface area contributed by atoms with E-state index in [1.807, 2.05) is 0 Å². The fourth-order valence-corrected chi connectivity index (χ4v) is 1.90. The summed E-state index contributed by atoms with van der Waals surface area (Å²) in [5, 5.41) is 0. The minimum atomic E-state index is -0.190. The first-order valence-corrected chi connectivity index (χ1v) is 5.24. The standard InChI is InChI=1S/C10H9BrN2O2/c11-6-1-2-8(12)9(3-6)13-5-7(14)4-10(13)15/h1-3H,4-5,12H2. The second kappa shape index (κ2) is 3.66. The van der Waals surface area contributed by atoms with Crippen LogP contribution in [0.15, 0.2) is 22.7 Å². The molecule has 0 aromatic heterocycles. The van der Waals surface area contributed by atoms with Crippen molar-refractivity contribution in [2.24, 2.45) is 0 Å². The lowest BCUT2D eigenvalue weighted by Crippen LogP contribution is -2.25. The normalized spacial score (nSPS) is 16.2. The molecule has 1 aromatic carbocycles. The monoisotopic (exact) mass is 268 g/mol. The summed E-state index contributed by atoms with van der Waals surface area (Å²) < 4.78 is 0.832. The van der Waals surface area contributed by atoms with Gasteiger partial charge in [-0.1, -0.05) is 15.9 Å². The van der Waals surface area contributed by atoms with Crippen molar-refractivity contribution >= 4 is 39.0 Å². The number of anilines is 2. The number of halogens is 1. The quantitative estimate of drug-likeness (QED) is 0.618. The molecule has 5 heteroatoms. The van der Waals surface area contributed by atoms with Gasteiger partial charge in [0.25, 0.3) is 0 Å². The zero-order valence-electron chi connectivity index (χ0n) is 7.87. The van der Waals surface area contributed by atoms with Crippen LogP contribution in [-0.4, -0.2) is 18.2 Å². The maximum Gasteiger partial charge on any atom is 0.234 e. The highest BCUT2D eigenvalue weighted by Crippen LogP contribution is 2.29. The Hall–Kier alpha value is -1.36. The Morgan fingerprint density at radius 2 is 2.07 bits per heavy atom. The molecule has 1 saturated heterocycles. The SMILES string of the molecule is Nc1ccc(Br)cc1N1CC(=O)CC1=O. The van der Waals surface area contributed by atoms with Crippen LogP contribution in [0.4, 0.5) is 11.4 Å². The van der Waals surface area contributed by atoms with Crippen LogP contribution >= 0.6 is 15.9 Å². The predicted molar refractivity (Wildman–Crippen MR) is 60.5 cm³/mol. The molecule has 0 bridgehead atoms. The average molecular weight is 269 g/mol. The Labute approximate surface area is 95.2 Å². The zero-order valence-corrected chi connectivity index (χ0v) is 9.45. The maximum atomic E-state index is 11.5. The van der Waals surface area contributed by atoms with Gasteiger partial charge >= 0.3 is 0 Å². The third-order valence-electron chi connectivity index (χ3n) is 2.27. The second-order valence-corrected chi connectivity index (χ2v) is 4.31. The van der Waals surface area contributed by atoms with E-state index in [0.717, 1.165) is 4.47 Å². The molecule has 1 aliphatic rings. The maximum absolute atomic E-state index is 11.5. The number of hydrogen-bond donors (Lipinski definition) is 1. The summed E-state index contributed by atoms with van der Waals surface area (Å²) in [4.78, 5) is 24.0. The van der Waals surface area contributed by atoms with Gasteiger partial charge in [-0.25, -0.2) is 0 Å². The van der Waals surface area contributed by atoms with E-state index in [9.17, 15) is 9.59 Å². The number of Topliss-reactive ketones (excluding diaryl/α,β-unsaturated/α-hetero) is 1. The molecule has 4 nitrogen and oxygen atoms in total. The van der Waals surface area contributed by atoms with Crippen LogP contribution < -0.4 is 10.6 Å². The predicted octanol–water partition coefficient (Wildman–Crippen LogP) is 1.34. The number of carbonyl (C=O) groups excluding carboxylic acids is 2. The molecule has 15 heavy (non-hydrogen) atoms. The van der Waals surface area contributed by atoms with Gasteiger partial charge < -0.3 is 10.6 Å². The Bertz CT molecular complexity index is 445. The molecule has 1 heterocycles. The van der Waals surface area contributed by atoms with Crippen molar-refractivity contribution in [2.75, 3.05) is 17.2 Å². The smallest absolute Gasteiger partial charge is 0.234 e. The van der Waals surface area contributed by atoms with Gasteiger partial charge in [0.1, 0.15) is 0 Å². The van der Waals surface area contributed by atoms with Crippen molar-refractivity contribution in [1.29, 1.82) is 0 Å². The van der Waals surface area contributed by atoms with Crippen LogP contribution in [0.1, 0.15) is 6.42 Å². The molecule has 0 aliphatic carbocycles. The van der Waals surface area contributed by atoms with E-state index in [0.29, 0.717) is 11.4 Å². The first-order valence-electron chi connectivity index (χ1n) is 4.45. The largest absolute Gasteiger partial charge is 0.397 e. The molecule has 0 saturated carbocycles.